The molecule has 1 N–H and O–H groups in total. The van der Waals surface area contributed by atoms with Crippen LogP contribution in [0.3, 0.4) is 0 Å². The molecule has 108 valence electrons. The minimum absolute atomic E-state index is 0.757. The van der Waals surface area contributed by atoms with Crippen molar-refractivity contribution in [2.24, 2.45) is 0 Å². The molecule has 0 unspecified atom stereocenters. The van der Waals surface area contributed by atoms with E-state index in [1.54, 1.807) is 7.11 Å². The van der Waals surface area contributed by atoms with Crippen LogP contribution in [-0.2, 0) is 11.3 Å². The lowest BCUT2D eigenvalue weighted by Gasteiger charge is -2.11. The van der Waals surface area contributed by atoms with Gasteiger partial charge in [0.25, 0.3) is 0 Å². The number of ether oxygens (including phenoxy) is 1. The molecule has 0 saturated carbocycles. The first-order valence-electron chi connectivity index (χ1n) is 6.88. The van der Waals surface area contributed by atoms with Crippen molar-refractivity contribution in [3.8, 4) is 0 Å². The van der Waals surface area contributed by atoms with E-state index in [-0.39, 0.29) is 0 Å². The fraction of sp³-hybridized carbons (Fsp3) is 0.600. The molecule has 19 heavy (non-hydrogen) atoms. The van der Waals surface area contributed by atoms with Crippen LogP contribution < -0.4 is 5.32 Å². The van der Waals surface area contributed by atoms with E-state index in [0.717, 1.165) is 24.2 Å². The Hall–Kier alpha value is -0.0300. The van der Waals surface area contributed by atoms with Crippen molar-refractivity contribution in [2.45, 2.75) is 37.6 Å². The zero-order chi connectivity index (χ0) is 13.9. The van der Waals surface area contributed by atoms with Gasteiger partial charge in [0.15, 0.2) is 0 Å². The third-order valence-corrected chi connectivity index (χ3v) is 4.52. The summed E-state index contributed by atoms with van der Waals surface area (Å²) in [7, 11) is 1.73. The first-order valence-corrected chi connectivity index (χ1v) is 8.66. The number of rotatable bonds is 10. The summed E-state index contributed by atoms with van der Waals surface area (Å²) in [4.78, 5) is 1.39. The molecular weight excluding hydrogens is 322 g/mol. The first-order chi connectivity index (χ1) is 9.27. The molecule has 0 fully saturated rings. The van der Waals surface area contributed by atoms with Crippen LogP contribution in [0.5, 0.6) is 0 Å². The van der Waals surface area contributed by atoms with Gasteiger partial charge in [-0.15, -0.1) is 11.8 Å². The molecule has 0 aliphatic heterocycles. The molecule has 0 aliphatic carbocycles. The van der Waals surface area contributed by atoms with Crippen molar-refractivity contribution in [1.29, 1.82) is 0 Å². The minimum atomic E-state index is 0.757. The van der Waals surface area contributed by atoms with E-state index >= 15 is 0 Å². The van der Waals surface area contributed by atoms with Crippen molar-refractivity contribution < 1.29 is 4.74 Å². The van der Waals surface area contributed by atoms with E-state index in [9.17, 15) is 0 Å². The molecular formula is C15H24BrNOS. The second-order valence-electron chi connectivity index (χ2n) is 4.48. The number of halogens is 1. The average molecular weight is 346 g/mol. The molecule has 0 aromatic heterocycles. The molecule has 4 heteroatoms. The highest BCUT2D eigenvalue weighted by molar-refractivity contribution is 9.10. The number of hydrogen-bond donors (Lipinski definition) is 1. The average Bonchev–Trinajstić information content (AvgIpc) is 2.41. The normalized spacial score (nSPS) is 10.9. The minimum Gasteiger partial charge on any atom is -0.383 e. The van der Waals surface area contributed by atoms with E-state index in [4.69, 9.17) is 4.74 Å². The van der Waals surface area contributed by atoms with Crippen molar-refractivity contribution in [3.05, 3.63) is 28.2 Å². The molecule has 2 nitrogen and oxygen atoms in total. The molecule has 0 heterocycles. The van der Waals surface area contributed by atoms with Crippen LogP contribution in [0, 0.1) is 0 Å². The second kappa shape index (κ2) is 10.7. The van der Waals surface area contributed by atoms with Gasteiger partial charge in [0.1, 0.15) is 0 Å². The van der Waals surface area contributed by atoms with Gasteiger partial charge in [-0.05, 0) is 35.9 Å². The highest BCUT2D eigenvalue weighted by atomic mass is 79.9. The largest absolute Gasteiger partial charge is 0.383 e. The van der Waals surface area contributed by atoms with Gasteiger partial charge in [0.2, 0.25) is 0 Å². The fourth-order valence-corrected chi connectivity index (χ4v) is 3.22. The summed E-state index contributed by atoms with van der Waals surface area (Å²) in [5, 5.41) is 3.41. The Morgan fingerprint density at radius 2 is 2.16 bits per heavy atom. The highest BCUT2D eigenvalue weighted by Crippen LogP contribution is 2.27. The van der Waals surface area contributed by atoms with Crippen molar-refractivity contribution in [3.63, 3.8) is 0 Å². The van der Waals surface area contributed by atoms with E-state index in [1.807, 2.05) is 11.8 Å². The summed E-state index contributed by atoms with van der Waals surface area (Å²) in [5.41, 5.74) is 1.37. The number of methoxy groups -OCH3 is 1. The topological polar surface area (TPSA) is 21.3 Å². The maximum absolute atomic E-state index is 5.05. The Balaban J connectivity index is 2.48. The molecule has 0 bridgehead atoms. The van der Waals surface area contributed by atoms with Gasteiger partial charge in [-0.1, -0.05) is 35.7 Å². The standard InChI is InChI=1S/C15H24BrNOS/c1-3-4-5-10-19-15-7-6-14(16)11-13(15)12-17-8-9-18-2/h6-7,11,17H,3-5,8-10,12H2,1-2H3. The lowest BCUT2D eigenvalue weighted by molar-refractivity contribution is 0.199. The van der Waals surface area contributed by atoms with Crippen LogP contribution in [0.1, 0.15) is 31.7 Å². The number of thioether (sulfide) groups is 1. The molecule has 0 aliphatic rings. The maximum Gasteiger partial charge on any atom is 0.0587 e. The Morgan fingerprint density at radius 3 is 2.89 bits per heavy atom. The van der Waals surface area contributed by atoms with Gasteiger partial charge in [-0.3, -0.25) is 0 Å². The molecule has 0 atom stereocenters. The third-order valence-electron chi connectivity index (χ3n) is 2.83. The van der Waals surface area contributed by atoms with Gasteiger partial charge in [-0.25, -0.2) is 0 Å². The molecule has 0 amide bonds. The highest BCUT2D eigenvalue weighted by Gasteiger charge is 2.04. The van der Waals surface area contributed by atoms with Crippen LogP contribution in [0.2, 0.25) is 0 Å². The molecule has 0 saturated heterocycles. The maximum atomic E-state index is 5.05. The summed E-state index contributed by atoms with van der Waals surface area (Å²) < 4.78 is 6.20. The van der Waals surface area contributed by atoms with Gasteiger partial charge >= 0.3 is 0 Å². The Morgan fingerprint density at radius 1 is 1.32 bits per heavy atom. The molecule has 0 radical (unpaired) electrons. The van der Waals surface area contributed by atoms with Crippen molar-refractivity contribution >= 4 is 27.7 Å². The lowest BCUT2D eigenvalue weighted by Crippen LogP contribution is -2.18. The van der Waals surface area contributed by atoms with Crippen LogP contribution in [0.15, 0.2) is 27.6 Å². The number of hydrogen-bond acceptors (Lipinski definition) is 3. The predicted octanol–water partition coefficient (Wildman–Crippen LogP) is 4.47. The van der Waals surface area contributed by atoms with Gasteiger partial charge < -0.3 is 10.1 Å². The third kappa shape index (κ3) is 7.35. The zero-order valence-corrected chi connectivity index (χ0v) is 14.3. The smallest absolute Gasteiger partial charge is 0.0587 e. The second-order valence-corrected chi connectivity index (χ2v) is 6.53. The molecule has 1 rings (SSSR count). The fourth-order valence-electron chi connectivity index (χ4n) is 1.76. The number of unbranched alkanes of at least 4 members (excludes halogenated alkanes) is 2. The van der Waals surface area contributed by atoms with E-state index < -0.39 is 0 Å². The Kier molecular flexibility index (Phi) is 9.61. The predicted molar refractivity (Wildman–Crippen MR) is 88.0 cm³/mol. The first kappa shape index (κ1) is 17.0. The SMILES string of the molecule is CCCCCSc1ccc(Br)cc1CNCCOC. The monoisotopic (exact) mass is 345 g/mol. The van der Waals surface area contributed by atoms with Crippen LogP contribution >= 0.6 is 27.7 Å². The molecule has 0 spiro atoms. The lowest BCUT2D eigenvalue weighted by atomic mass is 10.2. The van der Waals surface area contributed by atoms with E-state index in [1.165, 1.54) is 35.5 Å². The summed E-state index contributed by atoms with van der Waals surface area (Å²) in [6, 6.07) is 6.55. The van der Waals surface area contributed by atoms with Crippen LogP contribution in [0.25, 0.3) is 0 Å². The summed E-state index contributed by atoms with van der Waals surface area (Å²) in [6.45, 7) is 4.80. The summed E-state index contributed by atoms with van der Waals surface area (Å²) in [6.07, 6.45) is 3.91. The Labute approximate surface area is 129 Å². The van der Waals surface area contributed by atoms with Crippen LogP contribution in [-0.4, -0.2) is 26.0 Å². The molecule has 1 aromatic carbocycles. The van der Waals surface area contributed by atoms with Crippen LogP contribution in [0.4, 0.5) is 0 Å². The zero-order valence-electron chi connectivity index (χ0n) is 11.9. The van der Waals surface area contributed by atoms with E-state index in [2.05, 4.69) is 46.4 Å². The molecule has 1 aromatic rings. The quantitative estimate of drug-likeness (QED) is 0.499. The van der Waals surface area contributed by atoms with Gasteiger partial charge in [-0.2, -0.15) is 0 Å². The van der Waals surface area contributed by atoms with E-state index in [0.29, 0.717) is 0 Å². The summed E-state index contributed by atoms with van der Waals surface area (Å²) in [5.74, 6) is 1.21. The summed E-state index contributed by atoms with van der Waals surface area (Å²) >= 11 is 5.52. The number of benzene rings is 1. The van der Waals surface area contributed by atoms with Gasteiger partial charge in [0, 0.05) is 29.6 Å². The Bertz CT molecular complexity index is 360. The van der Waals surface area contributed by atoms with Crippen molar-refractivity contribution in [2.75, 3.05) is 26.0 Å². The van der Waals surface area contributed by atoms with Crippen molar-refractivity contribution in [1.82, 2.24) is 5.32 Å². The van der Waals surface area contributed by atoms with Gasteiger partial charge in [0.05, 0.1) is 6.61 Å². The number of nitrogens with one attached hydrogen (secondary N) is 1.